The molecule has 1 aromatic rings. The molecular weight excluding hydrogens is 351 g/mol. The topological polar surface area (TPSA) is 67.9 Å². The highest BCUT2D eigenvalue weighted by molar-refractivity contribution is 5.70. The molecule has 148 valence electrons. The van der Waals surface area contributed by atoms with E-state index in [2.05, 4.69) is 5.32 Å². The van der Waals surface area contributed by atoms with Gasteiger partial charge in [-0.3, -0.25) is 0 Å². The average Bonchev–Trinajstić information content (AvgIpc) is 2.55. The van der Waals surface area contributed by atoms with Crippen molar-refractivity contribution in [3.63, 3.8) is 0 Å². The maximum Gasteiger partial charge on any atom is 0.410 e. The molecule has 1 spiro atoms. The minimum absolute atomic E-state index is 0.100. The SMILES string of the molecule is Cc1cc(F)ccc1C1CNC(=O)OC12CCN(C(=O)OC(C)(C)C)CC2. The van der Waals surface area contributed by atoms with Crippen LogP contribution in [0.3, 0.4) is 0 Å². The molecule has 0 aromatic heterocycles. The fourth-order valence-corrected chi connectivity index (χ4v) is 3.93. The highest BCUT2D eigenvalue weighted by atomic mass is 19.1. The molecule has 7 heteroatoms. The molecule has 27 heavy (non-hydrogen) atoms. The zero-order valence-electron chi connectivity index (χ0n) is 16.3. The summed E-state index contributed by atoms with van der Waals surface area (Å²) in [7, 11) is 0. The summed E-state index contributed by atoms with van der Waals surface area (Å²) in [5, 5.41) is 2.75. The lowest BCUT2D eigenvalue weighted by atomic mass is 9.73. The molecule has 2 aliphatic heterocycles. The van der Waals surface area contributed by atoms with Crippen molar-refractivity contribution in [3.8, 4) is 0 Å². The number of likely N-dealkylation sites (tertiary alicyclic amines) is 1. The van der Waals surface area contributed by atoms with Gasteiger partial charge in [-0.15, -0.1) is 0 Å². The second kappa shape index (κ2) is 7.02. The van der Waals surface area contributed by atoms with Gasteiger partial charge in [-0.2, -0.15) is 0 Å². The molecule has 0 bridgehead atoms. The van der Waals surface area contributed by atoms with Crippen molar-refractivity contribution in [1.29, 1.82) is 0 Å². The van der Waals surface area contributed by atoms with Gasteiger partial charge in [0.1, 0.15) is 17.0 Å². The number of nitrogens with zero attached hydrogens (tertiary/aromatic N) is 1. The number of piperidine rings is 1. The summed E-state index contributed by atoms with van der Waals surface area (Å²) in [6.45, 7) is 8.67. The molecule has 0 aliphatic carbocycles. The van der Waals surface area contributed by atoms with E-state index in [9.17, 15) is 14.0 Å². The van der Waals surface area contributed by atoms with Gasteiger partial charge in [-0.25, -0.2) is 14.0 Å². The molecule has 0 saturated carbocycles. The number of carbonyl (C=O) groups is 2. The third-order valence-electron chi connectivity index (χ3n) is 5.25. The summed E-state index contributed by atoms with van der Waals surface area (Å²) in [6, 6.07) is 4.69. The average molecular weight is 378 g/mol. The van der Waals surface area contributed by atoms with E-state index in [0.717, 1.165) is 11.1 Å². The molecule has 2 saturated heterocycles. The second-order valence-corrected chi connectivity index (χ2v) is 8.36. The fraction of sp³-hybridized carbons (Fsp3) is 0.600. The molecule has 3 rings (SSSR count). The number of carbonyl (C=O) groups excluding carboxylic acids is 2. The number of aryl methyl sites for hydroxylation is 1. The van der Waals surface area contributed by atoms with Gasteiger partial charge in [-0.05, 0) is 51.0 Å². The predicted octanol–water partition coefficient (Wildman–Crippen LogP) is 3.73. The first-order chi connectivity index (χ1) is 12.6. The number of hydrogen-bond acceptors (Lipinski definition) is 4. The molecule has 2 fully saturated rings. The Bertz CT molecular complexity index is 736. The van der Waals surface area contributed by atoms with E-state index < -0.39 is 17.3 Å². The number of rotatable bonds is 1. The van der Waals surface area contributed by atoms with E-state index in [1.54, 1.807) is 11.0 Å². The maximum atomic E-state index is 13.5. The Hall–Kier alpha value is -2.31. The number of benzene rings is 1. The quantitative estimate of drug-likeness (QED) is 0.809. The van der Waals surface area contributed by atoms with Crippen LogP contribution >= 0.6 is 0 Å². The molecule has 2 aliphatic rings. The normalized spacial score (nSPS) is 22.2. The zero-order chi connectivity index (χ0) is 19.8. The second-order valence-electron chi connectivity index (χ2n) is 8.36. The van der Waals surface area contributed by atoms with E-state index >= 15 is 0 Å². The lowest BCUT2D eigenvalue weighted by Gasteiger charge is -2.48. The Morgan fingerprint density at radius 1 is 1.33 bits per heavy atom. The monoisotopic (exact) mass is 378 g/mol. The molecule has 1 aromatic carbocycles. The van der Waals surface area contributed by atoms with Gasteiger partial charge >= 0.3 is 12.2 Å². The summed E-state index contributed by atoms with van der Waals surface area (Å²) >= 11 is 0. The van der Waals surface area contributed by atoms with Crippen molar-refractivity contribution >= 4 is 12.2 Å². The van der Waals surface area contributed by atoms with Gasteiger partial charge in [0.15, 0.2) is 0 Å². The highest BCUT2D eigenvalue weighted by Crippen LogP contribution is 2.43. The number of amides is 2. The van der Waals surface area contributed by atoms with Crippen molar-refractivity contribution in [2.24, 2.45) is 0 Å². The highest BCUT2D eigenvalue weighted by Gasteiger charge is 2.49. The molecule has 1 unspecified atom stereocenters. The van der Waals surface area contributed by atoms with E-state index in [1.807, 2.05) is 27.7 Å². The molecular formula is C20H27FN2O4. The van der Waals surface area contributed by atoms with Crippen molar-refractivity contribution in [2.75, 3.05) is 19.6 Å². The lowest BCUT2D eigenvalue weighted by molar-refractivity contribution is -0.0707. The third kappa shape index (κ3) is 4.17. The Morgan fingerprint density at radius 2 is 2.00 bits per heavy atom. The van der Waals surface area contributed by atoms with Crippen molar-refractivity contribution < 1.29 is 23.5 Å². The van der Waals surface area contributed by atoms with Crippen LogP contribution < -0.4 is 5.32 Å². The Kier molecular flexibility index (Phi) is 5.06. The van der Waals surface area contributed by atoms with Crippen LogP contribution in [0.5, 0.6) is 0 Å². The standard InChI is InChI=1S/C20H27FN2O4/c1-13-11-14(21)5-6-15(13)16-12-22-17(24)26-20(16)7-9-23(10-8-20)18(25)27-19(2,3)4/h5-6,11,16H,7-10,12H2,1-4H3,(H,22,24). The Morgan fingerprint density at radius 3 is 2.59 bits per heavy atom. The van der Waals surface area contributed by atoms with E-state index in [0.29, 0.717) is 32.5 Å². The van der Waals surface area contributed by atoms with E-state index in [4.69, 9.17) is 9.47 Å². The number of alkyl carbamates (subject to hydrolysis) is 1. The molecule has 2 amide bonds. The smallest absolute Gasteiger partial charge is 0.410 e. The molecule has 1 N–H and O–H groups in total. The van der Waals surface area contributed by atoms with Crippen LogP contribution in [0.2, 0.25) is 0 Å². The van der Waals surface area contributed by atoms with Crippen LogP contribution in [0.15, 0.2) is 18.2 Å². The van der Waals surface area contributed by atoms with E-state index in [1.165, 1.54) is 12.1 Å². The third-order valence-corrected chi connectivity index (χ3v) is 5.25. The van der Waals surface area contributed by atoms with Gasteiger partial charge in [-0.1, -0.05) is 6.07 Å². The van der Waals surface area contributed by atoms with Gasteiger partial charge in [0.25, 0.3) is 0 Å². The van der Waals surface area contributed by atoms with Crippen LogP contribution in [0.4, 0.5) is 14.0 Å². The number of nitrogens with one attached hydrogen (secondary N) is 1. The minimum Gasteiger partial charge on any atom is -0.444 e. The van der Waals surface area contributed by atoms with Crippen LogP contribution in [0.25, 0.3) is 0 Å². The van der Waals surface area contributed by atoms with Crippen molar-refractivity contribution in [2.45, 2.75) is 57.7 Å². The first kappa shape index (κ1) is 19.5. The number of ether oxygens (including phenoxy) is 2. The zero-order valence-corrected chi connectivity index (χ0v) is 16.3. The first-order valence-corrected chi connectivity index (χ1v) is 9.30. The summed E-state index contributed by atoms with van der Waals surface area (Å²) < 4.78 is 24.7. The fourth-order valence-electron chi connectivity index (χ4n) is 3.93. The van der Waals surface area contributed by atoms with Crippen LogP contribution in [0, 0.1) is 12.7 Å². The number of hydrogen-bond donors (Lipinski definition) is 1. The molecule has 2 heterocycles. The Balaban J connectivity index is 1.80. The summed E-state index contributed by atoms with van der Waals surface area (Å²) in [4.78, 5) is 25.9. The van der Waals surface area contributed by atoms with Gasteiger partial charge in [0, 0.05) is 38.4 Å². The molecule has 1 atom stereocenters. The van der Waals surface area contributed by atoms with Crippen LogP contribution in [0.1, 0.15) is 50.7 Å². The lowest BCUT2D eigenvalue weighted by Crippen LogP contribution is -2.58. The Labute approximate surface area is 159 Å². The maximum absolute atomic E-state index is 13.5. The summed E-state index contributed by atoms with van der Waals surface area (Å²) in [5.41, 5.74) is 0.529. The van der Waals surface area contributed by atoms with Gasteiger partial charge in [0.05, 0.1) is 0 Å². The van der Waals surface area contributed by atoms with Gasteiger partial charge < -0.3 is 19.7 Å². The van der Waals surface area contributed by atoms with Crippen molar-refractivity contribution in [1.82, 2.24) is 10.2 Å². The first-order valence-electron chi connectivity index (χ1n) is 9.30. The van der Waals surface area contributed by atoms with Gasteiger partial charge in [0.2, 0.25) is 0 Å². The predicted molar refractivity (Wildman–Crippen MR) is 98.1 cm³/mol. The number of halogens is 1. The molecule has 0 radical (unpaired) electrons. The minimum atomic E-state index is -0.705. The largest absolute Gasteiger partial charge is 0.444 e. The van der Waals surface area contributed by atoms with E-state index in [-0.39, 0.29) is 17.8 Å². The van der Waals surface area contributed by atoms with Crippen LogP contribution in [-0.4, -0.2) is 47.9 Å². The van der Waals surface area contributed by atoms with Crippen LogP contribution in [-0.2, 0) is 9.47 Å². The summed E-state index contributed by atoms with van der Waals surface area (Å²) in [6.07, 6.45) is 0.228. The molecule has 6 nitrogen and oxygen atoms in total. The van der Waals surface area contributed by atoms with Crippen molar-refractivity contribution in [3.05, 3.63) is 35.1 Å². The summed E-state index contributed by atoms with van der Waals surface area (Å²) in [5.74, 6) is -0.387.